The molecule has 0 aliphatic rings. The summed E-state index contributed by atoms with van der Waals surface area (Å²) in [6.07, 6.45) is 5.56. The van der Waals surface area contributed by atoms with Crippen LogP contribution in [0.25, 0.3) is 0 Å². The fourth-order valence-corrected chi connectivity index (χ4v) is 2.78. The van der Waals surface area contributed by atoms with E-state index in [2.05, 4.69) is 31.6 Å². The molecule has 0 bridgehead atoms. The Balaban J connectivity index is 4.05. The summed E-state index contributed by atoms with van der Waals surface area (Å²) in [6, 6.07) is 0. The van der Waals surface area contributed by atoms with Crippen LogP contribution in [0.2, 0.25) is 0 Å². The smallest absolute Gasteiger partial charge is 0.212 e. The molecule has 4 heteroatoms. The molecular weight excluding hydrogens is 234 g/mol. The highest BCUT2D eigenvalue weighted by molar-refractivity contribution is 7.89. The van der Waals surface area contributed by atoms with E-state index in [9.17, 15) is 8.42 Å². The zero-order chi connectivity index (χ0) is 13.7. The van der Waals surface area contributed by atoms with Gasteiger partial charge in [0.25, 0.3) is 0 Å². The average molecular weight is 261 g/mol. The molecule has 0 aliphatic heterocycles. The monoisotopic (exact) mass is 261 g/mol. The number of nitrogens with one attached hydrogen (secondary N) is 1. The Morgan fingerprint density at radius 1 is 1.00 bits per heavy atom. The van der Waals surface area contributed by atoms with Gasteiger partial charge in [-0.15, -0.1) is 0 Å². The van der Waals surface area contributed by atoms with Crippen molar-refractivity contribution in [2.75, 3.05) is 5.75 Å². The van der Waals surface area contributed by atoms with Crippen LogP contribution in [0.4, 0.5) is 0 Å². The lowest BCUT2D eigenvalue weighted by atomic mass is 9.92. The summed E-state index contributed by atoms with van der Waals surface area (Å²) >= 11 is 0. The molecular formula is C13H27NO2S. The molecule has 0 aromatic rings. The van der Waals surface area contributed by atoms with Crippen molar-refractivity contribution in [1.29, 1.82) is 0 Å². The van der Waals surface area contributed by atoms with Gasteiger partial charge in [-0.1, -0.05) is 32.9 Å². The fourth-order valence-electron chi connectivity index (χ4n) is 1.30. The van der Waals surface area contributed by atoms with Gasteiger partial charge in [0, 0.05) is 5.54 Å². The van der Waals surface area contributed by atoms with Crippen molar-refractivity contribution in [1.82, 2.24) is 4.72 Å². The number of hydrogen-bond acceptors (Lipinski definition) is 2. The van der Waals surface area contributed by atoms with E-state index in [1.54, 1.807) is 0 Å². The third-order valence-corrected chi connectivity index (χ3v) is 3.61. The lowest BCUT2D eigenvalue weighted by Gasteiger charge is -2.20. The van der Waals surface area contributed by atoms with Gasteiger partial charge in [0.15, 0.2) is 0 Å². The van der Waals surface area contributed by atoms with E-state index in [1.807, 2.05) is 26.8 Å². The Labute approximate surface area is 107 Å². The van der Waals surface area contributed by atoms with Crippen LogP contribution in [0.3, 0.4) is 0 Å². The fraction of sp³-hybridized carbons (Fsp3) is 0.846. The van der Waals surface area contributed by atoms with Crippen LogP contribution in [0.1, 0.15) is 54.4 Å². The van der Waals surface area contributed by atoms with Crippen molar-refractivity contribution in [2.24, 2.45) is 5.41 Å². The van der Waals surface area contributed by atoms with Crippen LogP contribution >= 0.6 is 0 Å². The maximum Gasteiger partial charge on any atom is 0.212 e. The molecule has 1 N–H and O–H groups in total. The molecule has 102 valence electrons. The molecule has 0 amide bonds. The summed E-state index contributed by atoms with van der Waals surface area (Å²) in [6.45, 7) is 12.0. The van der Waals surface area contributed by atoms with Gasteiger partial charge >= 0.3 is 0 Å². The Bertz CT molecular complexity index is 343. The topological polar surface area (TPSA) is 46.2 Å². The van der Waals surface area contributed by atoms with Crippen molar-refractivity contribution in [3.63, 3.8) is 0 Å². The molecule has 0 spiro atoms. The van der Waals surface area contributed by atoms with Crippen LogP contribution in [0, 0.1) is 5.41 Å². The van der Waals surface area contributed by atoms with Crippen molar-refractivity contribution >= 4 is 10.0 Å². The zero-order valence-corrected chi connectivity index (χ0v) is 12.8. The van der Waals surface area contributed by atoms with E-state index in [-0.39, 0.29) is 11.2 Å². The summed E-state index contributed by atoms with van der Waals surface area (Å²) in [5.74, 6) is 0.158. The van der Waals surface area contributed by atoms with Gasteiger partial charge in [0.1, 0.15) is 0 Å². The summed E-state index contributed by atoms with van der Waals surface area (Å²) in [5, 5.41) is 0. The minimum absolute atomic E-state index is 0.158. The standard InChI is InChI=1S/C13H27NO2S/c1-12(2,3)10-8-7-9-11-17(15,16)14-13(4,5)6/h7-8,14H,9-11H2,1-6H3/b8-7-. The molecule has 0 aromatic carbocycles. The second-order valence-electron chi connectivity index (χ2n) is 6.70. The molecule has 0 fully saturated rings. The molecule has 0 unspecified atom stereocenters. The number of hydrogen-bond donors (Lipinski definition) is 1. The minimum Gasteiger partial charge on any atom is -0.212 e. The summed E-state index contributed by atoms with van der Waals surface area (Å²) < 4.78 is 26.0. The molecule has 0 heterocycles. The van der Waals surface area contributed by atoms with E-state index in [0.29, 0.717) is 6.42 Å². The molecule has 0 saturated carbocycles. The van der Waals surface area contributed by atoms with Crippen LogP contribution in [-0.4, -0.2) is 19.7 Å². The maximum atomic E-state index is 11.7. The van der Waals surface area contributed by atoms with E-state index in [0.717, 1.165) is 6.42 Å². The van der Waals surface area contributed by atoms with E-state index >= 15 is 0 Å². The Hall–Kier alpha value is -0.350. The molecule has 3 nitrogen and oxygen atoms in total. The second kappa shape index (κ2) is 6.01. The number of sulfonamides is 1. The van der Waals surface area contributed by atoms with Gasteiger partial charge in [0.2, 0.25) is 10.0 Å². The van der Waals surface area contributed by atoms with Gasteiger partial charge in [-0.3, -0.25) is 0 Å². The molecule has 0 aromatic heterocycles. The highest BCUT2D eigenvalue weighted by atomic mass is 32.2. The lowest BCUT2D eigenvalue weighted by Crippen LogP contribution is -2.41. The average Bonchev–Trinajstić information content (AvgIpc) is 1.95. The number of allylic oxidation sites excluding steroid dienone is 2. The first-order valence-corrected chi connectivity index (χ1v) is 7.73. The van der Waals surface area contributed by atoms with E-state index < -0.39 is 15.6 Å². The molecule has 0 atom stereocenters. The van der Waals surface area contributed by atoms with E-state index in [4.69, 9.17) is 0 Å². The van der Waals surface area contributed by atoms with Gasteiger partial charge < -0.3 is 0 Å². The minimum atomic E-state index is -3.16. The second-order valence-corrected chi connectivity index (χ2v) is 8.54. The van der Waals surface area contributed by atoms with Gasteiger partial charge in [-0.05, 0) is 39.0 Å². The molecule has 0 rings (SSSR count). The molecule has 17 heavy (non-hydrogen) atoms. The van der Waals surface area contributed by atoms with Gasteiger partial charge in [-0.25, -0.2) is 13.1 Å². The molecule has 0 aliphatic carbocycles. The SMILES string of the molecule is CC(C)(C)C/C=C\CCS(=O)(=O)NC(C)(C)C. The van der Waals surface area contributed by atoms with Crippen molar-refractivity contribution in [2.45, 2.75) is 59.9 Å². The van der Waals surface area contributed by atoms with Gasteiger partial charge in [-0.2, -0.15) is 0 Å². The highest BCUT2D eigenvalue weighted by Crippen LogP contribution is 2.18. The number of rotatable bonds is 5. The largest absolute Gasteiger partial charge is 0.212 e. The summed E-state index contributed by atoms with van der Waals surface area (Å²) in [7, 11) is -3.16. The van der Waals surface area contributed by atoms with Crippen LogP contribution in [0.15, 0.2) is 12.2 Å². The lowest BCUT2D eigenvalue weighted by molar-refractivity contribution is 0.420. The summed E-state index contributed by atoms with van der Waals surface area (Å²) in [5.41, 5.74) is -0.132. The van der Waals surface area contributed by atoms with Crippen molar-refractivity contribution in [3.05, 3.63) is 12.2 Å². The highest BCUT2D eigenvalue weighted by Gasteiger charge is 2.18. The summed E-state index contributed by atoms with van der Waals surface area (Å²) in [4.78, 5) is 0. The van der Waals surface area contributed by atoms with Gasteiger partial charge in [0.05, 0.1) is 5.75 Å². The normalized spacial score (nSPS) is 14.5. The first-order chi connectivity index (χ1) is 7.41. The third kappa shape index (κ3) is 11.9. The van der Waals surface area contributed by atoms with E-state index in [1.165, 1.54) is 0 Å². The van der Waals surface area contributed by atoms with Crippen LogP contribution in [0.5, 0.6) is 0 Å². The van der Waals surface area contributed by atoms with Crippen LogP contribution < -0.4 is 4.72 Å². The van der Waals surface area contributed by atoms with Crippen LogP contribution in [-0.2, 0) is 10.0 Å². The maximum absolute atomic E-state index is 11.7. The predicted molar refractivity (Wildman–Crippen MR) is 74.5 cm³/mol. The Kier molecular flexibility index (Phi) is 5.88. The first kappa shape index (κ1) is 16.6. The Morgan fingerprint density at radius 3 is 1.94 bits per heavy atom. The quantitative estimate of drug-likeness (QED) is 0.773. The van der Waals surface area contributed by atoms with Crippen molar-refractivity contribution in [3.8, 4) is 0 Å². The molecule has 0 radical (unpaired) electrons. The zero-order valence-electron chi connectivity index (χ0n) is 12.0. The predicted octanol–water partition coefficient (Wildman–Crippen LogP) is 3.09. The first-order valence-electron chi connectivity index (χ1n) is 6.08. The third-order valence-electron chi connectivity index (χ3n) is 1.91. The molecule has 0 saturated heterocycles. The Morgan fingerprint density at radius 2 is 1.53 bits per heavy atom. The van der Waals surface area contributed by atoms with Crippen molar-refractivity contribution < 1.29 is 8.42 Å².